The number of ether oxygens (including phenoxy) is 1. The van der Waals surface area contributed by atoms with Crippen LogP contribution in [0.15, 0.2) is 48.5 Å². The number of hydrogen-bond donors (Lipinski definition) is 1. The number of benzene rings is 2. The number of carbonyl (C=O) groups is 2. The van der Waals surface area contributed by atoms with Gasteiger partial charge in [0, 0.05) is 12.1 Å². The van der Waals surface area contributed by atoms with Crippen LogP contribution in [0.25, 0.3) is 0 Å². The maximum atomic E-state index is 12.1. The van der Waals surface area contributed by atoms with E-state index in [9.17, 15) is 9.59 Å². The van der Waals surface area contributed by atoms with Crippen molar-refractivity contribution in [1.82, 2.24) is 5.32 Å². The lowest BCUT2D eigenvalue weighted by Crippen LogP contribution is -2.37. The van der Waals surface area contributed by atoms with E-state index in [4.69, 9.17) is 4.74 Å². The number of ketones is 1. The molecule has 4 heteroatoms. The standard InChI is InChI=1S/C20H23NO3/c1-14-7-4-5-8-17(14)11-12-21-20(23)16(3)24-19-10-6-9-18(13-19)15(2)22/h4-10,13,16H,11-12H2,1-3H3,(H,21,23). The van der Waals surface area contributed by atoms with Crippen molar-refractivity contribution in [2.75, 3.05) is 6.54 Å². The van der Waals surface area contributed by atoms with E-state index in [1.54, 1.807) is 31.2 Å². The quantitative estimate of drug-likeness (QED) is 0.795. The molecular formula is C20H23NO3. The molecule has 0 radical (unpaired) electrons. The van der Waals surface area contributed by atoms with Crippen LogP contribution in [0.2, 0.25) is 0 Å². The summed E-state index contributed by atoms with van der Waals surface area (Å²) >= 11 is 0. The summed E-state index contributed by atoms with van der Waals surface area (Å²) in [6.45, 7) is 5.82. The Balaban J connectivity index is 1.85. The summed E-state index contributed by atoms with van der Waals surface area (Å²) in [7, 11) is 0. The molecule has 0 heterocycles. The fourth-order valence-corrected chi connectivity index (χ4v) is 2.40. The second kappa shape index (κ2) is 8.29. The number of carbonyl (C=O) groups excluding carboxylic acids is 2. The van der Waals surface area contributed by atoms with Crippen molar-refractivity contribution in [1.29, 1.82) is 0 Å². The number of hydrogen-bond acceptors (Lipinski definition) is 3. The van der Waals surface area contributed by atoms with Gasteiger partial charge in [0.1, 0.15) is 5.75 Å². The van der Waals surface area contributed by atoms with Gasteiger partial charge in [0.15, 0.2) is 11.9 Å². The van der Waals surface area contributed by atoms with Crippen LogP contribution in [0.5, 0.6) is 5.75 Å². The zero-order valence-electron chi connectivity index (χ0n) is 14.3. The second-order valence-electron chi connectivity index (χ2n) is 5.81. The lowest BCUT2D eigenvalue weighted by atomic mass is 10.1. The Morgan fingerprint density at radius 3 is 2.58 bits per heavy atom. The maximum absolute atomic E-state index is 12.1. The molecule has 1 amide bonds. The van der Waals surface area contributed by atoms with Crippen LogP contribution in [0, 0.1) is 6.92 Å². The molecule has 0 aliphatic rings. The molecule has 0 spiro atoms. The van der Waals surface area contributed by atoms with Gasteiger partial charge in [-0.25, -0.2) is 0 Å². The average Bonchev–Trinajstić information content (AvgIpc) is 2.56. The Kier molecular flexibility index (Phi) is 6.13. The Bertz CT molecular complexity index is 724. The summed E-state index contributed by atoms with van der Waals surface area (Å²) in [5.74, 6) is 0.317. The van der Waals surface area contributed by atoms with Crippen molar-refractivity contribution in [2.45, 2.75) is 33.3 Å². The molecule has 2 rings (SSSR count). The van der Waals surface area contributed by atoms with Crippen LogP contribution in [-0.2, 0) is 11.2 Å². The highest BCUT2D eigenvalue weighted by Crippen LogP contribution is 2.15. The second-order valence-corrected chi connectivity index (χ2v) is 5.81. The van der Waals surface area contributed by atoms with Gasteiger partial charge in [0.2, 0.25) is 0 Å². The van der Waals surface area contributed by atoms with Crippen LogP contribution >= 0.6 is 0 Å². The summed E-state index contributed by atoms with van der Waals surface area (Å²) in [4.78, 5) is 23.5. The third kappa shape index (κ3) is 4.95. The van der Waals surface area contributed by atoms with E-state index in [1.165, 1.54) is 18.1 Å². The van der Waals surface area contributed by atoms with Gasteiger partial charge in [-0.15, -0.1) is 0 Å². The van der Waals surface area contributed by atoms with Gasteiger partial charge >= 0.3 is 0 Å². The highest BCUT2D eigenvalue weighted by Gasteiger charge is 2.14. The largest absolute Gasteiger partial charge is 0.481 e. The average molecular weight is 325 g/mol. The predicted molar refractivity (Wildman–Crippen MR) is 94.4 cm³/mol. The fraction of sp³-hybridized carbons (Fsp3) is 0.300. The predicted octanol–water partition coefficient (Wildman–Crippen LogP) is 3.32. The first-order chi connectivity index (χ1) is 11.5. The minimum Gasteiger partial charge on any atom is -0.481 e. The summed E-state index contributed by atoms with van der Waals surface area (Å²) in [5.41, 5.74) is 3.01. The van der Waals surface area contributed by atoms with Crippen molar-refractivity contribution in [2.24, 2.45) is 0 Å². The number of aryl methyl sites for hydroxylation is 1. The van der Waals surface area contributed by atoms with Gasteiger partial charge in [0.25, 0.3) is 5.91 Å². The molecule has 1 unspecified atom stereocenters. The zero-order chi connectivity index (χ0) is 17.5. The Morgan fingerprint density at radius 1 is 1.12 bits per heavy atom. The van der Waals surface area contributed by atoms with E-state index in [1.807, 2.05) is 12.1 Å². The van der Waals surface area contributed by atoms with Crippen LogP contribution in [-0.4, -0.2) is 24.3 Å². The van der Waals surface area contributed by atoms with Gasteiger partial charge < -0.3 is 10.1 Å². The van der Waals surface area contributed by atoms with Crippen molar-refractivity contribution < 1.29 is 14.3 Å². The van der Waals surface area contributed by atoms with Gasteiger partial charge in [-0.2, -0.15) is 0 Å². The molecular weight excluding hydrogens is 302 g/mol. The van der Waals surface area contributed by atoms with Crippen molar-refractivity contribution in [3.8, 4) is 5.75 Å². The number of Topliss-reactive ketones (excluding diaryl/α,β-unsaturated/α-hetero) is 1. The van der Waals surface area contributed by atoms with Crippen molar-refractivity contribution in [3.05, 3.63) is 65.2 Å². The molecule has 0 fully saturated rings. The van der Waals surface area contributed by atoms with Gasteiger partial charge in [-0.3, -0.25) is 9.59 Å². The third-order valence-corrected chi connectivity index (χ3v) is 3.88. The Labute approximate surface area is 142 Å². The van der Waals surface area contributed by atoms with E-state index < -0.39 is 6.10 Å². The molecule has 0 aliphatic heterocycles. The Hall–Kier alpha value is -2.62. The van der Waals surface area contributed by atoms with Crippen molar-refractivity contribution >= 4 is 11.7 Å². The topological polar surface area (TPSA) is 55.4 Å². The van der Waals surface area contributed by atoms with Gasteiger partial charge in [0.05, 0.1) is 0 Å². The van der Waals surface area contributed by atoms with Crippen LogP contribution in [0.1, 0.15) is 35.3 Å². The molecule has 4 nitrogen and oxygen atoms in total. The molecule has 2 aromatic rings. The highest BCUT2D eigenvalue weighted by atomic mass is 16.5. The normalized spacial score (nSPS) is 11.6. The first-order valence-corrected chi connectivity index (χ1v) is 8.07. The molecule has 0 aromatic heterocycles. The smallest absolute Gasteiger partial charge is 0.260 e. The monoisotopic (exact) mass is 325 g/mol. The van der Waals surface area contributed by atoms with Crippen LogP contribution < -0.4 is 10.1 Å². The molecule has 0 aliphatic carbocycles. The first kappa shape index (κ1) is 17.7. The SMILES string of the molecule is CC(=O)c1cccc(OC(C)C(=O)NCCc2ccccc2C)c1. The molecule has 1 N–H and O–H groups in total. The number of nitrogens with one attached hydrogen (secondary N) is 1. The van der Waals surface area contributed by atoms with Gasteiger partial charge in [-0.1, -0.05) is 36.4 Å². The third-order valence-electron chi connectivity index (χ3n) is 3.88. The van der Waals surface area contributed by atoms with Crippen molar-refractivity contribution in [3.63, 3.8) is 0 Å². The molecule has 2 aromatic carbocycles. The molecule has 0 saturated carbocycles. The van der Waals surface area contributed by atoms with E-state index in [-0.39, 0.29) is 11.7 Å². The number of amides is 1. The first-order valence-electron chi connectivity index (χ1n) is 8.07. The molecule has 126 valence electrons. The molecule has 1 atom stereocenters. The maximum Gasteiger partial charge on any atom is 0.260 e. The molecule has 24 heavy (non-hydrogen) atoms. The zero-order valence-corrected chi connectivity index (χ0v) is 14.3. The summed E-state index contributed by atoms with van der Waals surface area (Å²) in [6, 6.07) is 15.0. The van der Waals surface area contributed by atoms with E-state index in [0.717, 1.165) is 6.42 Å². The van der Waals surface area contributed by atoms with Crippen LogP contribution in [0.3, 0.4) is 0 Å². The lowest BCUT2D eigenvalue weighted by molar-refractivity contribution is -0.127. The summed E-state index contributed by atoms with van der Waals surface area (Å²) in [6.07, 6.45) is 0.161. The van der Waals surface area contributed by atoms with E-state index in [2.05, 4.69) is 24.4 Å². The number of rotatable bonds is 7. The lowest BCUT2D eigenvalue weighted by Gasteiger charge is -2.15. The minimum atomic E-state index is -0.621. The molecule has 0 bridgehead atoms. The fourth-order valence-electron chi connectivity index (χ4n) is 2.40. The van der Waals surface area contributed by atoms with E-state index >= 15 is 0 Å². The summed E-state index contributed by atoms with van der Waals surface area (Å²) < 4.78 is 5.63. The highest BCUT2D eigenvalue weighted by molar-refractivity contribution is 5.94. The van der Waals surface area contributed by atoms with E-state index in [0.29, 0.717) is 17.9 Å². The van der Waals surface area contributed by atoms with Crippen LogP contribution in [0.4, 0.5) is 0 Å². The van der Waals surface area contributed by atoms with Gasteiger partial charge in [-0.05, 0) is 50.5 Å². The summed E-state index contributed by atoms with van der Waals surface area (Å²) in [5, 5.41) is 2.88. The molecule has 0 saturated heterocycles. The Morgan fingerprint density at radius 2 is 1.88 bits per heavy atom. The minimum absolute atomic E-state index is 0.0317.